The molecule has 86 valence electrons. The van der Waals surface area contributed by atoms with Crippen molar-refractivity contribution in [1.29, 1.82) is 5.26 Å². The smallest absolute Gasteiger partial charge is 0.224 e. The van der Waals surface area contributed by atoms with Crippen LogP contribution in [0.3, 0.4) is 0 Å². The fourth-order valence-electron chi connectivity index (χ4n) is 1.28. The Morgan fingerprint density at radius 2 is 2.19 bits per heavy atom. The van der Waals surface area contributed by atoms with E-state index >= 15 is 0 Å². The SMILES string of the molecule is Cc1cc(C#N)nc(NC(CO)C(C)C)n1. The second-order valence-corrected chi connectivity index (χ2v) is 4.01. The summed E-state index contributed by atoms with van der Waals surface area (Å²) >= 11 is 0. The second-order valence-electron chi connectivity index (χ2n) is 4.01. The number of aromatic nitrogens is 2. The van der Waals surface area contributed by atoms with Gasteiger partial charge in [-0.25, -0.2) is 9.97 Å². The van der Waals surface area contributed by atoms with Gasteiger partial charge in [-0.3, -0.25) is 0 Å². The Morgan fingerprint density at radius 3 is 2.69 bits per heavy atom. The molecule has 1 aromatic rings. The van der Waals surface area contributed by atoms with E-state index in [1.807, 2.05) is 19.9 Å². The third-order valence-electron chi connectivity index (χ3n) is 2.28. The summed E-state index contributed by atoms with van der Waals surface area (Å²) in [5.74, 6) is 0.656. The van der Waals surface area contributed by atoms with Crippen molar-refractivity contribution >= 4 is 5.95 Å². The molecule has 0 aliphatic rings. The number of nitriles is 1. The zero-order chi connectivity index (χ0) is 12.1. The largest absolute Gasteiger partial charge is 0.394 e. The van der Waals surface area contributed by atoms with Gasteiger partial charge in [-0.05, 0) is 18.9 Å². The van der Waals surface area contributed by atoms with Gasteiger partial charge in [0.15, 0.2) is 0 Å². The maximum absolute atomic E-state index is 9.17. The fourth-order valence-corrected chi connectivity index (χ4v) is 1.28. The van der Waals surface area contributed by atoms with Gasteiger partial charge in [-0.15, -0.1) is 0 Å². The van der Waals surface area contributed by atoms with Crippen molar-refractivity contribution in [3.05, 3.63) is 17.5 Å². The van der Waals surface area contributed by atoms with E-state index in [9.17, 15) is 5.11 Å². The van der Waals surface area contributed by atoms with Gasteiger partial charge in [0.25, 0.3) is 0 Å². The molecule has 0 saturated heterocycles. The number of hydrogen-bond donors (Lipinski definition) is 2. The standard InChI is InChI=1S/C11H16N4O/c1-7(2)10(6-16)15-11-13-8(3)4-9(5-12)14-11/h4,7,10,16H,6H2,1-3H3,(H,13,14,15). The molecule has 0 aliphatic heterocycles. The molecular formula is C11H16N4O. The third kappa shape index (κ3) is 3.17. The van der Waals surface area contributed by atoms with Crippen molar-refractivity contribution in [3.63, 3.8) is 0 Å². The Balaban J connectivity index is 2.88. The molecule has 1 unspecified atom stereocenters. The van der Waals surface area contributed by atoms with Crippen LogP contribution >= 0.6 is 0 Å². The summed E-state index contributed by atoms with van der Waals surface area (Å²) in [4.78, 5) is 8.20. The summed E-state index contributed by atoms with van der Waals surface area (Å²) in [5.41, 5.74) is 1.06. The first-order chi connectivity index (χ1) is 7.56. The van der Waals surface area contributed by atoms with Crippen LogP contribution in [0, 0.1) is 24.2 Å². The molecule has 16 heavy (non-hydrogen) atoms. The van der Waals surface area contributed by atoms with Crippen LogP contribution in [0.1, 0.15) is 25.2 Å². The monoisotopic (exact) mass is 220 g/mol. The molecule has 1 rings (SSSR count). The van der Waals surface area contributed by atoms with Gasteiger partial charge < -0.3 is 10.4 Å². The highest BCUT2D eigenvalue weighted by Crippen LogP contribution is 2.09. The van der Waals surface area contributed by atoms with Crippen molar-refractivity contribution in [2.24, 2.45) is 5.92 Å². The van der Waals surface area contributed by atoms with Crippen LogP contribution in [0.25, 0.3) is 0 Å². The summed E-state index contributed by atoms with van der Waals surface area (Å²) in [6.45, 7) is 5.80. The third-order valence-corrected chi connectivity index (χ3v) is 2.28. The summed E-state index contributed by atoms with van der Waals surface area (Å²) < 4.78 is 0. The van der Waals surface area contributed by atoms with Gasteiger partial charge in [-0.2, -0.15) is 5.26 Å². The number of aliphatic hydroxyl groups is 1. The number of aliphatic hydroxyl groups excluding tert-OH is 1. The molecule has 0 radical (unpaired) electrons. The molecule has 0 fully saturated rings. The lowest BCUT2D eigenvalue weighted by Crippen LogP contribution is -2.30. The molecule has 5 nitrogen and oxygen atoms in total. The van der Waals surface area contributed by atoms with Gasteiger partial charge in [-0.1, -0.05) is 13.8 Å². The maximum atomic E-state index is 9.17. The van der Waals surface area contributed by atoms with Crippen molar-refractivity contribution in [2.75, 3.05) is 11.9 Å². The molecule has 2 N–H and O–H groups in total. The lowest BCUT2D eigenvalue weighted by molar-refractivity contribution is 0.248. The van der Waals surface area contributed by atoms with Gasteiger partial charge in [0.2, 0.25) is 5.95 Å². The lowest BCUT2D eigenvalue weighted by atomic mass is 10.1. The average molecular weight is 220 g/mol. The van der Waals surface area contributed by atoms with E-state index in [0.717, 1.165) is 5.69 Å². The van der Waals surface area contributed by atoms with E-state index in [2.05, 4.69) is 15.3 Å². The minimum absolute atomic E-state index is 0.0108. The Kier molecular flexibility index (Phi) is 4.20. The summed E-state index contributed by atoms with van der Waals surface area (Å²) in [6.07, 6.45) is 0. The zero-order valence-electron chi connectivity index (χ0n) is 9.73. The van der Waals surface area contributed by atoms with Crippen LogP contribution in [0.15, 0.2) is 6.07 Å². The molecular weight excluding hydrogens is 204 g/mol. The number of hydrogen-bond acceptors (Lipinski definition) is 5. The van der Waals surface area contributed by atoms with E-state index in [0.29, 0.717) is 11.6 Å². The van der Waals surface area contributed by atoms with Crippen LogP contribution in [0.4, 0.5) is 5.95 Å². The summed E-state index contributed by atoms with van der Waals surface area (Å²) in [7, 11) is 0. The van der Waals surface area contributed by atoms with E-state index < -0.39 is 0 Å². The Labute approximate surface area is 95.2 Å². The van der Waals surface area contributed by atoms with E-state index in [-0.39, 0.29) is 18.6 Å². The molecule has 0 saturated carbocycles. The van der Waals surface area contributed by atoms with Gasteiger partial charge in [0.05, 0.1) is 12.6 Å². The number of nitrogens with zero attached hydrogens (tertiary/aromatic N) is 3. The van der Waals surface area contributed by atoms with Gasteiger partial charge in [0, 0.05) is 5.69 Å². The van der Waals surface area contributed by atoms with E-state index in [1.165, 1.54) is 0 Å². The summed E-state index contributed by atoms with van der Waals surface area (Å²) in [6, 6.07) is 3.49. The summed E-state index contributed by atoms with van der Waals surface area (Å²) in [5, 5.41) is 21.0. The van der Waals surface area contributed by atoms with Crippen LogP contribution in [-0.4, -0.2) is 27.7 Å². The van der Waals surface area contributed by atoms with Crippen molar-refractivity contribution in [2.45, 2.75) is 26.8 Å². The fraction of sp³-hybridized carbons (Fsp3) is 0.545. The topological polar surface area (TPSA) is 81.8 Å². The highest BCUT2D eigenvalue weighted by Gasteiger charge is 2.13. The molecule has 5 heteroatoms. The number of nitrogens with one attached hydrogen (secondary N) is 1. The molecule has 1 atom stereocenters. The minimum Gasteiger partial charge on any atom is -0.394 e. The maximum Gasteiger partial charge on any atom is 0.224 e. The van der Waals surface area contributed by atoms with Crippen LogP contribution in [-0.2, 0) is 0 Å². The number of anilines is 1. The molecule has 0 aromatic carbocycles. The predicted molar refractivity (Wildman–Crippen MR) is 60.8 cm³/mol. The molecule has 1 heterocycles. The van der Waals surface area contributed by atoms with Crippen molar-refractivity contribution in [1.82, 2.24) is 9.97 Å². The molecule has 0 bridgehead atoms. The average Bonchev–Trinajstić information content (AvgIpc) is 2.24. The van der Waals surface area contributed by atoms with Gasteiger partial charge >= 0.3 is 0 Å². The molecule has 1 aromatic heterocycles. The Hall–Kier alpha value is -1.67. The van der Waals surface area contributed by atoms with Crippen molar-refractivity contribution in [3.8, 4) is 6.07 Å². The quantitative estimate of drug-likeness (QED) is 0.793. The Morgan fingerprint density at radius 1 is 1.50 bits per heavy atom. The highest BCUT2D eigenvalue weighted by atomic mass is 16.3. The molecule has 0 spiro atoms. The van der Waals surface area contributed by atoms with Crippen molar-refractivity contribution < 1.29 is 5.11 Å². The predicted octanol–water partition coefficient (Wildman–Crippen LogP) is 1.09. The first-order valence-electron chi connectivity index (χ1n) is 5.20. The molecule has 0 aliphatic carbocycles. The first-order valence-corrected chi connectivity index (χ1v) is 5.20. The number of aryl methyl sites for hydroxylation is 1. The second kappa shape index (κ2) is 5.42. The zero-order valence-corrected chi connectivity index (χ0v) is 9.73. The van der Waals surface area contributed by atoms with Crippen LogP contribution in [0.2, 0.25) is 0 Å². The highest BCUT2D eigenvalue weighted by molar-refractivity contribution is 5.33. The molecule has 0 amide bonds. The first kappa shape index (κ1) is 12.4. The lowest BCUT2D eigenvalue weighted by Gasteiger charge is -2.19. The Bertz CT molecular complexity index is 397. The van der Waals surface area contributed by atoms with E-state index in [1.54, 1.807) is 13.0 Å². The number of rotatable bonds is 4. The van der Waals surface area contributed by atoms with Crippen LogP contribution < -0.4 is 5.32 Å². The van der Waals surface area contributed by atoms with Gasteiger partial charge in [0.1, 0.15) is 11.8 Å². The normalized spacial score (nSPS) is 12.2. The van der Waals surface area contributed by atoms with Crippen LogP contribution in [0.5, 0.6) is 0 Å². The minimum atomic E-state index is -0.103. The van der Waals surface area contributed by atoms with E-state index in [4.69, 9.17) is 5.26 Å².